The number of aromatic nitrogens is 1. The van der Waals surface area contributed by atoms with Gasteiger partial charge in [0.2, 0.25) is 0 Å². The first-order valence-corrected chi connectivity index (χ1v) is 4.96. The van der Waals surface area contributed by atoms with Crippen molar-refractivity contribution in [2.24, 2.45) is 0 Å². The van der Waals surface area contributed by atoms with E-state index in [1.807, 2.05) is 7.05 Å². The van der Waals surface area contributed by atoms with E-state index in [1.165, 1.54) is 0 Å². The SMILES string of the molecule is CN1CC2(CC2)Oc2c1c[nH]c2C(=O)O. The van der Waals surface area contributed by atoms with Gasteiger partial charge in [-0.05, 0) is 12.8 Å². The second-order valence-electron chi connectivity index (χ2n) is 4.32. The molecule has 1 spiro atoms. The predicted octanol–water partition coefficient (Wildman–Crippen LogP) is 1.07. The first-order chi connectivity index (χ1) is 7.11. The molecule has 1 aromatic rings. The van der Waals surface area contributed by atoms with E-state index < -0.39 is 5.97 Å². The molecule has 1 fully saturated rings. The van der Waals surface area contributed by atoms with Crippen molar-refractivity contribution in [2.45, 2.75) is 18.4 Å². The first kappa shape index (κ1) is 8.64. The number of likely N-dealkylation sites (N-methyl/N-ethyl adjacent to an activating group) is 1. The van der Waals surface area contributed by atoms with E-state index in [0.29, 0.717) is 5.75 Å². The molecule has 1 aliphatic carbocycles. The summed E-state index contributed by atoms with van der Waals surface area (Å²) in [5.41, 5.74) is 0.876. The summed E-state index contributed by atoms with van der Waals surface area (Å²) in [6, 6.07) is 0. The number of aromatic amines is 1. The lowest BCUT2D eigenvalue weighted by atomic mass is 10.2. The summed E-state index contributed by atoms with van der Waals surface area (Å²) >= 11 is 0. The van der Waals surface area contributed by atoms with Gasteiger partial charge in [0.05, 0.1) is 12.2 Å². The van der Waals surface area contributed by atoms with Crippen molar-refractivity contribution < 1.29 is 14.6 Å². The number of nitrogens with zero attached hydrogens (tertiary/aromatic N) is 1. The zero-order valence-electron chi connectivity index (χ0n) is 8.41. The Kier molecular flexibility index (Phi) is 1.43. The third-order valence-corrected chi connectivity index (χ3v) is 3.09. The smallest absolute Gasteiger partial charge is 0.356 e. The minimum absolute atomic E-state index is 0.117. The zero-order chi connectivity index (χ0) is 10.6. The van der Waals surface area contributed by atoms with Gasteiger partial charge in [-0.1, -0.05) is 0 Å². The molecule has 0 aromatic carbocycles. The Bertz CT molecular complexity index is 434. The van der Waals surface area contributed by atoms with E-state index in [4.69, 9.17) is 9.84 Å². The number of H-pyrrole nitrogens is 1. The largest absolute Gasteiger partial charge is 0.481 e. The van der Waals surface area contributed by atoms with E-state index in [0.717, 1.165) is 25.1 Å². The number of nitrogens with one attached hydrogen (secondary N) is 1. The van der Waals surface area contributed by atoms with E-state index in [-0.39, 0.29) is 11.3 Å². The number of ether oxygens (including phenoxy) is 1. The van der Waals surface area contributed by atoms with Crippen LogP contribution < -0.4 is 9.64 Å². The molecule has 3 rings (SSSR count). The Morgan fingerprint density at radius 3 is 3.00 bits per heavy atom. The lowest BCUT2D eigenvalue weighted by molar-refractivity contribution is 0.0681. The molecule has 1 aliphatic heterocycles. The average Bonchev–Trinajstić information content (AvgIpc) is 2.77. The van der Waals surface area contributed by atoms with Gasteiger partial charge in [0, 0.05) is 13.2 Å². The molecule has 0 saturated heterocycles. The highest BCUT2D eigenvalue weighted by Gasteiger charge is 2.50. The third kappa shape index (κ3) is 1.12. The Balaban J connectivity index is 2.08. The normalized spacial score (nSPS) is 21.0. The molecule has 5 nitrogen and oxygen atoms in total. The highest BCUT2D eigenvalue weighted by Crippen LogP contribution is 2.49. The second kappa shape index (κ2) is 2.48. The van der Waals surface area contributed by atoms with Crippen molar-refractivity contribution in [3.8, 4) is 5.75 Å². The van der Waals surface area contributed by atoms with Gasteiger partial charge in [-0.25, -0.2) is 4.79 Å². The number of rotatable bonds is 1. The fourth-order valence-electron chi connectivity index (χ4n) is 2.11. The topological polar surface area (TPSA) is 65.6 Å². The number of hydrogen-bond donors (Lipinski definition) is 2. The van der Waals surface area contributed by atoms with Crippen LogP contribution in [0, 0.1) is 0 Å². The fourth-order valence-corrected chi connectivity index (χ4v) is 2.11. The van der Waals surface area contributed by atoms with E-state index in [9.17, 15) is 4.79 Å². The Hall–Kier alpha value is -1.65. The van der Waals surface area contributed by atoms with Crippen molar-refractivity contribution in [3.63, 3.8) is 0 Å². The lowest BCUT2D eigenvalue weighted by Crippen LogP contribution is -2.39. The van der Waals surface area contributed by atoms with Crippen molar-refractivity contribution in [1.82, 2.24) is 4.98 Å². The van der Waals surface area contributed by atoms with Crippen LogP contribution in [-0.2, 0) is 0 Å². The molecule has 0 atom stereocenters. The molecule has 2 aliphatic rings. The summed E-state index contributed by atoms with van der Waals surface area (Å²) in [5.74, 6) is -0.476. The number of carbonyl (C=O) groups is 1. The van der Waals surface area contributed by atoms with Crippen LogP contribution in [0.1, 0.15) is 23.3 Å². The van der Waals surface area contributed by atoms with Crippen LogP contribution in [0.25, 0.3) is 0 Å². The molecular formula is C10H12N2O3. The quantitative estimate of drug-likeness (QED) is 0.724. The van der Waals surface area contributed by atoms with Crippen molar-refractivity contribution >= 4 is 11.7 Å². The van der Waals surface area contributed by atoms with Crippen LogP contribution in [0.4, 0.5) is 5.69 Å². The van der Waals surface area contributed by atoms with Crippen LogP contribution in [0.3, 0.4) is 0 Å². The molecule has 2 heterocycles. The summed E-state index contributed by atoms with van der Waals surface area (Å²) in [7, 11) is 1.96. The number of carboxylic acids is 1. The van der Waals surface area contributed by atoms with Crippen LogP contribution >= 0.6 is 0 Å². The average molecular weight is 208 g/mol. The summed E-state index contributed by atoms with van der Waals surface area (Å²) in [6.07, 6.45) is 3.72. The molecule has 1 saturated carbocycles. The van der Waals surface area contributed by atoms with Crippen LogP contribution in [0.5, 0.6) is 5.75 Å². The maximum atomic E-state index is 10.9. The minimum Gasteiger partial charge on any atom is -0.481 e. The molecule has 1 aromatic heterocycles. The highest BCUT2D eigenvalue weighted by molar-refractivity contribution is 5.92. The standard InChI is InChI=1S/C10H12N2O3/c1-12-5-10(2-3-10)15-8-6(12)4-11-7(8)9(13)14/h4,11H,2-3,5H2,1H3,(H,13,14). The number of aromatic carboxylic acids is 1. The molecule has 80 valence electrons. The van der Waals surface area contributed by atoms with Crippen LogP contribution in [0.2, 0.25) is 0 Å². The Morgan fingerprint density at radius 1 is 1.67 bits per heavy atom. The second-order valence-corrected chi connectivity index (χ2v) is 4.32. The fraction of sp³-hybridized carbons (Fsp3) is 0.500. The zero-order valence-corrected chi connectivity index (χ0v) is 8.41. The van der Waals surface area contributed by atoms with Gasteiger partial charge in [0.25, 0.3) is 0 Å². The number of hydrogen-bond acceptors (Lipinski definition) is 3. The van der Waals surface area contributed by atoms with Crippen LogP contribution in [-0.4, -0.2) is 35.3 Å². The molecule has 5 heteroatoms. The maximum Gasteiger partial charge on any atom is 0.356 e. The molecule has 0 unspecified atom stereocenters. The highest BCUT2D eigenvalue weighted by atomic mass is 16.5. The first-order valence-electron chi connectivity index (χ1n) is 4.96. The minimum atomic E-state index is -0.970. The number of anilines is 1. The summed E-state index contributed by atoms with van der Waals surface area (Å²) < 4.78 is 5.78. The molecule has 15 heavy (non-hydrogen) atoms. The number of fused-ring (bicyclic) bond motifs is 1. The summed E-state index contributed by atoms with van der Waals surface area (Å²) in [4.78, 5) is 15.7. The van der Waals surface area contributed by atoms with Crippen LogP contribution in [0.15, 0.2) is 6.20 Å². The molecular weight excluding hydrogens is 196 g/mol. The van der Waals surface area contributed by atoms with E-state index >= 15 is 0 Å². The van der Waals surface area contributed by atoms with Gasteiger partial charge in [-0.3, -0.25) is 0 Å². The van der Waals surface area contributed by atoms with Crippen molar-refractivity contribution in [2.75, 3.05) is 18.5 Å². The van der Waals surface area contributed by atoms with Gasteiger partial charge in [0.1, 0.15) is 5.60 Å². The number of carboxylic acid groups (broad SMARTS) is 1. The molecule has 2 N–H and O–H groups in total. The third-order valence-electron chi connectivity index (χ3n) is 3.09. The van der Waals surface area contributed by atoms with Gasteiger partial charge in [0.15, 0.2) is 11.4 Å². The van der Waals surface area contributed by atoms with Crippen molar-refractivity contribution in [1.29, 1.82) is 0 Å². The Morgan fingerprint density at radius 2 is 2.40 bits per heavy atom. The van der Waals surface area contributed by atoms with E-state index in [2.05, 4.69) is 9.88 Å². The summed E-state index contributed by atoms with van der Waals surface area (Å²) in [6.45, 7) is 0.844. The van der Waals surface area contributed by atoms with Crippen molar-refractivity contribution in [3.05, 3.63) is 11.9 Å². The van der Waals surface area contributed by atoms with Gasteiger partial charge >= 0.3 is 5.97 Å². The Labute approximate surface area is 86.6 Å². The molecule has 0 bridgehead atoms. The molecule has 0 radical (unpaired) electrons. The predicted molar refractivity (Wildman–Crippen MR) is 53.6 cm³/mol. The van der Waals surface area contributed by atoms with E-state index in [1.54, 1.807) is 6.20 Å². The molecule has 0 amide bonds. The van der Waals surface area contributed by atoms with Gasteiger partial charge in [-0.15, -0.1) is 0 Å². The van der Waals surface area contributed by atoms with Gasteiger partial charge in [-0.2, -0.15) is 0 Å². The monoisotopic (exact) mass is 208 g/mol. The lowest BCUT2D eigenvalue weighted by Gasteiger charge is -2.32. The summed E-state index contributed by atoms with van der Waals surface area (Å²) in [5, 5.41) is 8.98. The van der Waals surface area contributed by atoms with Gasteiger partial charge < -0.3 is 19.7 Å². The maximum absolute atomic E-state index is 10.9.